The van der Waals surface area contributed by atoms with Crippen molar-refractivity contribution < 1.29 is 17.2 Å². The summed E-state index contributed by atoms with van der Waals surface area (Å²) in [5, 5.41) is 0. The Morgan fingerprint density at radius 1 is 1.33 bits per heavy atom. The number of nitrogens with zero attached hydrogens (tertiary/aromatic N) is 1. The highest BCUT2D eigenvalue weighted by Gasteiger charge is 2.28. The number of nitrogens with two attached hydrogens (primary N) is 1. The van der Waals surface area contributed by atoms with Crippen LogP contribution >= 0.6 is 31.9 Å². The molecule has 18 heavy (non-hydrogen) atoms. The van der Waals surface area contributed by atoms with Crippen molar-refractivity contribution in [1.82, 2.24) is 4.31 Å². The minimum Gasteiger partial charge on any atom is -0.399 e. The smallest absolute Gasteiger partial charge is 0.252 e. The molecule has 0 radical (unpaired) electrons. The molecule has 0 aromatic heterocycles. The Balaban J connectivity index is 3.29. The van der Waals surface area contributed by atoms with E-state index in [0.717, 1.165) is 7.05 Å². The molecule has 0 bridgehead atoms. The molecular weight excluding hydrogens is 398 g/mol. The second-order valence-electron chi connectivity index (χ2n) is 3.49. The van der Waals surface area contributed by atoms with E-state index in [1.165, 1.54) is 12.1 Å². The fourth-order valence-electron chi connectivity index (χ4n) is 1.27. The lowest BCUT2D eigenvalue weighted by Crippen LogP contribution is -2.31. The van der Waals surface area contributed by atoms with Crippen molar-refractivity contribution in [2.45, 2.75) is 11.3 Å². The summed E-state index contributed by atoms with van der Waals surface area (Å²) in [6, 6.07) is 2.79. The lowest BCUT2D eigenvalue weighted by molar-refractivity contribution is 0.126. The largest absolute Gasteiger partial charge is 0.399 e. The van der Waals surface area contributed by atoms with E-state index in [4.69, 9.17) is 5.73 Å². The number of alkyl halides is 2. The summed E-state index contributed by atoms with van der Waals surface area (Å²) < 4.78 is 49.8. The van der Waals surface area contributed by atoms with Gasteiger partial charge in [0, 0.05) is 21.7 Å². The number of rotatable bonds is 4. The summed E-state index contributed by atoms with van der Waals surface area (Å²) in [7, 11) is -2.91. The van der Waals surface area contributed by atoms with Crippen molar-refractivity contribution >= 4 is 47.6 Å². The third kappa shape index (κ3) is 3.40. The SMILES string of the molecule is CN(CC(F)F)S(=O)(=O)c1c(Br)cc(N)cc1Br. The number of hydrogen-bond donors (Lipinski definition) is 1. The molecular formula is C9H10Br2F2N2O2S. The summed E-state index contributed by atoms with van der Waals surface area (Å²) in [5.74, 6) is 0. The van der Waals surface area contributed by atoms with Gasteiger partial charge < -0.3 is 5.73 Å². The van der Waals surface area contributed by atoms with Crippen LogP contribution in [0.4, 0.5) is 14.5 Å². The van der Waals surface area contributed by atoms with Crippen molar-refractivity contribution in [2.24, 2.45) is 0 Å². The van der Waals surface area contributed by atoms with Gasteiger partial charge in [0.25, 0.3) is 6.43 Å². The highest BCUT2D eigenvalue weighted by Crippen LogP contribution is 2.34. The molecule has 1 aromatic carbocycles. The van der Waals surface area contributed by atoms with E-state index in [1.54, 1.807) is 0 Å². The molecule has 0 spiro atoms. The molecule has 0 aliphatic carbocycles. The Morgan fingerprint density at radius 3 is 2.17 bits per heavy atom. The molecule has 2 N–H and O–H groups in total. The van der Waals surface area contributed by atoms with Gasteiger partial charge in [0.15, 0.2) is 0 Å². The van der Waals surface area contributed by atoms with Crippen molar-refractivity contribution in [1.29, 1.82) is 0 Å². The number of nitrogen functional groups attached to an aromatic ring is 1. The van der Waals surface area contributed by atoms with Crippen molar-refractivity contribution in [2.75, 3.05) is 19.3 Å². The first-order valence-corrected chi connectivity index (χ1v) is 7.68. The lowest BCUT2D eigenvalue weighted by Gasteiger charge is -2.18. The van der Waals surface area contributed by atoms with Gasteiger partial charge in [-0.2, -0.15) is 4.31 Å². The first kappa shape index (κ1) is 15.8. The first-order valence-electron chi connectivity index (χ1n) is 4.65. The van der Waals surface area contributed by atoms with Crippen molar-refractivity contribution in [3.05, 3.63) is 21.1 Å². The normalized spacial score (nSPS) is 12.4. The molecule has 0 aliphatic rings. The maximum atomic E-state index is 12.2. The average molecular weight is 408 g/mol. The van der Waals surface area contributed by atoms with E-state index < -0.39 is 23.0 Å². The van der Waals surface area contributed by atoms with Crippen LogP contribution in [-0.2, 0) is 10.0 Å². The molecule has 0 fully saturated rings. The third-order valence-corrected chi connectivity index (χ3v) is 5.79. The predicted octanol–water partition coefficient (Wildman–Crippen LogP) is 2.68. The zero-order valence-corrected chi connectivity index (χ0v) is 13.2. The van der Waals surface area contributed by atoms with E-state index >= 15 is 0 Å². The first-order chi connectivity index (χ1) is 8.16. The molecule has 0 unspecified atom stereocenters. The number of benzene rings is 1. The third-order valence-electron chi connectivity index (χ3n) is 2.08. The van der Waals surface area contributed by atoms with Gasteiger partial charge in [-0.3, -0.25) is 0 Å². The summed E-state index contributed by atoms with van der Waals surface area (Å²) in [6.45, 7) is -0.869. The van der Waals surface area contributed by atoms with E-state index in [2.05, 4.69) is 31.9 Å². The molecule has 1 rings (SSSR count). The Labute approximate surface area is 120 Å². The molecule has 0 atom stereocenters. The number of anilines is 1. The van der Waals surface area contributed by atoms with Gasteiger partial charge in [-0.25, -0.2) is 17.2 Å². The van der Waals surface area contributed by atoms with Crippen LogP contribution < -0.4 is 5.73 Å². The Bertz CT molecular complexity index is 528. The van der Waals surface area contributed by atoms with Crippen LogP contribution in [0.25, 0.3) is 0 Å². The molecule has 4 nitrogen and oxygen atoms in total. The summed E-state index contributed by atoms with van der Waals surface area (Å²) >= 11 is 6.13. The Kier molecular flexibility index (Phi) is 5.10. The van der Waals surface area contributed by atoms with E-state index in [9.17, 15) is 17.2 Å². The Morgan fingerprint density at radius 2 is 1.78 bits per heavy atom. The minimum atomic E-state index is -4.01. The summed E-state index contributed by atoms with van der Waals surface area (Å²) in [4.78, 5) is -0.125. The van der Waals surface area contributed by atoms with Crippen LogP contribution in [0.15, 0.2) is 26.0 Å². The lowest BCUT2D eigenvalue weighted by atomic mass is 10.3. The van der Waals surface area contributed by atoms with Crippen LogP contribution in [0.2, 0.25) is 0 Å². The van der Waals surface area contributed by atoms with Gasteiger partial charge in [0.2, 0.25) is 10.0 Å². The highest BCUT2D eigenvalue weighted by molar-refractivity contribution is 9.11. The second kappa shape index (κ2) is 5.81. The van der Waals surface area contributed by atoms with Gasteiger partial charge in [0.1, 0.15) is 4.90 Å². The summed E-state index contributed by atoms with van der Waals surface area (Å²) in [5.41, 5.74) is 5.89. The van der Waals surface area contributed by atoms with Gasteiger partial charge in [0.05, 0.1) is 6.54 Å². The number of hydrogen-bond acceptors (Lipinski definition) is 3. The van der Waals surface area contributed by atoms with E-state index in [1.807, 2.05) is 0 Å². The van der Waals surface area contributed by atoms with Gasteiger partial charge >= 0.3 is 0 Å². The standard InChI is InChI=1S/C9H10Br2F2N2O2S/c1-15(4-8(12)13)18(16,17)9-6(10)2-5(14)3-7(9)11/h2-3,8H,4,14H2,1H3. The van der Waals surface area contributed by atoms with Crippen LogP contribution in [0.3, 0.4) is 0 Å². The summed E-state index contributed by atoms with van der Waals surface area (Å²) in [6.07, 6.45) is -2.74. The zero-order valence-electron chi connectivity index (χ0n) is 9.20. The Hall–Kier alpha value is -0.250. The van der Waals surface area contributed by atoms with E-state index in [0.29, 0.717) is 9.99 Å². The minimum absolute atomic E-state index is 0.125. The molecule has 0 aliphatic heterocycles. The molecule has 102 valence electrons. The zero-order chi connectivity index (χ0) is 14.1. The topological polar surface area (TPSA) is 63.4 Å². The molecule has 0 saturated carbocycles. The molecule has 9 heteroatoms. The maximum Gasteiger partial charge on any atom is 0.252 e. The van der Waals surface area contributed by atoms with Crippen LogP contribution in [0.5, 0.6) is 0 Å². The fraction of sp³-hybridized carbons (Fsp3) is 0.333. The van der Waals surface area contributed by atoms with Crippen molar-refractivity contribution in [3.8, 4) is 0 Å². The quantitative estimate of drug-likeness (QED) is 0.780. The van der Waals surface area contributed by atoms with Gasteiger partial charge in [-0.15, -0.1) is 0 Å². The number of halogens is 4. The van der Waals surface area contributed by atoms with Gasteiger partial charge in [-0.05, 0) is 44.0 Å². The molecule has 0 heterocycles. The monoisotopic (exact) mass is 406 g/mol. The molecule has 0 amide bonds. The second-order valence-corrected chi connectivity index (χ2v) is 7.18. The van der Waals surface area contributed by atoms with Crippen LogP contribution in [0, 0.1) is 0 Å². The van der Waals surface area contributed by atoms with Crippen LogP contribution in [-0.4, -0.2) is 32.7 Å². The average Bonchev–Trinajstić information content (AvgIpc) is 2.13. The number of sulfonamides is 1. The molecule has 0 saturated heterocycles. The predicted molar refractivity (Wildman–Crippen MR) is 72.1 cm³/mol. The highest BCUT2D eigenvalue weighted by atomic mass is 79.9. The van der Waals surface area contributed by atoms with E-state index in [-0.39, 0.29) is 13.8 Å². The maximum absolute atomic E-state index is 12.2. The van der Waals surface area contributed by atoms with Gasteiger partial charge in [-0.1, -0.05) is 0 Å². The van der Waals surface area contributed by atoms with Crippen molar-refractivity contribution in [3.63, 3.8) is 0 Å². The van der Waals surface area contributed by atoms with Crippen LogP contribution in [0.1, 0.15) is 0 Å². The molecule has 1 aromatic rings. The fourth-order valence-corrected chi connectivity index (χ4v) is 4.95.